The fourth-order valence-electron chi connectivity index (χ4n) is 1.54. The summed E-state index contributed by atoms with van der Waals surface area (Å²) in [6.45, 7) is 1.78. The van der Waals surface area contributed by atoms with Gasteiger partial charge in [-0.05, 0) is 47.1 Å². The van der Waals surface area contributed by atoms with Gasteiger partial charge in [-0.3, -0.25) is 0 Å². The van der Waals surface area contributed by atoms with Gasteiger partial charge in [0.05, 0.1) is 16.3 Å². The molecule has 1 heterocycles. The molecule has 18 heavy (non-hydrogen) atoms. The lowest BCUT2D eigenvalue weighted by Crippen LogP contribution is -2.06. The predicted octanol–water partition coefficient (Wildman–Crippen LogP) is 4.62. The Morgan fingerprint density at radius 1 is 1.28 bits per heavy atom. The first-order valence-electron chi connectivity index (χ1n) is 4.88. The van der Waals surface area contributed by atoms with Gasteiger partial charge in [0.25, 0.3) is 0 Å². The Bertz CT molecular complexity index is 592. The molecule has 0 aliphatic heterocycles. The Balaban J connectivity index is 2.51. The lowest BCUT2D eigenvalue weighted by atomic mass is 10.2. The Labute approximate surface area is 114 Å². The van der Waals surface area contributed by atoms with Crippen molar-refractivity contribution in [3.8, 4) is 5.69 Å². The molecule has 7 heteroatoms. The summed E-state index contributed by atoms with van der Waals surface area (Å²) in [5, 5.41) is 4.10. The number of halogens is 5. The Kier molecular flexibility index (Phi) is 3.42. The normalized spacial score (nSPS) is 11.9. The van der Waals surface area contributed by atoms with E-state index >= 15 is 0 Å². The number of aryl methyl sites for hydroxylation is 1. The van der Waals surface area contributed by atoms with Gasteiger partial charge in [0.2, 0.25) is 0 Å². The molecule has 0 unspecified atom stereocenters. The van der Waals surface area contributed by atoms with Crippen LogP contribution in [0.2, 0.25) is 5.02 Å². The first-order valence-corrected chi connectivity index (χ1v) is 6.05. The van der Waals surface area contributed by atoms with Crippen molar-refractivity contribution in [1.29, 1.82) is 0 Å². The average molecular weight is 340 g/mol. The zero-order chi connectivity index (χ0) is 13.5. The summed E-state index contributed by atoms with van der Waals surface area (Å²) in [5.74, 6) is 0. The zero-order valence-electron chi connectivity index (χ0n) is 9.09. The van der Waals surface area contributed by atoms with Crippen LogP contribution in [-0.2, 0) is 6.18 Å². The van der Waals surface area contributed by atoms with Crippen LogP contribution in [0.25, 0.3) is 5.69 Å². The molecule has 0 saturated heterocycles. The molecule has 2 nitrogen and oxygen atoms in total. The molecule has 2 rings (SSSR count). The summed E-state index contributed by atoms with van der Waals surface area (Å²) < 4.78 is 39.6. The predicted molar refractivity (Wildman–Crippen MR) is 66.0 cm³/mol. The van der Waals surface area contributed by atoms with Crippen molar-refractivity contribution in [2.24, 2.45) is 0 Å². The second-order valence-electron chi connectivity index (χ2n) is 3.68. The summed E-state index contributed by atoms with van der Waals surface area (Å²) >= 11 is 9.07. The Morgan fingerprint density at radius 2 is 1.94 bits per heavy atom. The highest BCUT2D eigenvalue weighted by Crippen LogP contribution is 2.33. The Morgan fingerprint density at radius 3 is 2.39 bits per heavy atom. The summed E-state index contributed by atoms with van der Waals surface area (Å²) in [4.78, 5) is 0. The highest BCUT2D eigenvalue weighted by Gasteiger charge is 2.31. The number of nitrogens with zero attached hydrogens (tertiary/aromatic N) is 2. The summed E-state index contributed by atoms with van der Waals surface area (Å²) in [6, 6.07) is 4.92. The van der Waals surface area contributed by atoms with E-state index in [9.17, 15) is 13.2 Å². The average Bonchev–Trinajstić information content (AvgIpc) is 2.56. The van der Waals surface area contributed by atoms with Crippen molar-refractivity contribution in [2.45, 2.75) is 13.1 Å². The molecule has 0 amide bonds. The number of aromatic nitrogens is 2. The molecule has 1 aromatic heterocycles. The molecule has 96 valence electrons. The molecule has 0 bridgehead atoms. The van der Waals surface area contributed by atoms with Crippen LogP contribution < -0.4 is 0 Å². The van der Waals surface area contributed by atoms with E-state index in [-0.39, 0.29) is 5.02 Å². The lowest BCUT2D eigenvalue weighted by molar-refractivity contribution is -0.137. The summed E-state index contributed by atoms with van der Waals surface area (Å²) in [6.07, 6.45) is -4.40. The third-order valence-electron chi connectivity index (χ3n) is 2.36. The van der Waals surface area contributed by atoms with Crippen LogP contribution >= 0.6 is 27.5 Å². The maximum Gasteiger partial charge on any atom is 0.416 e. The molecule has 0 fully saturated rings. The summed E-state index contributed by atoms with van der Waals surface area (Å²) in [5.41, 5.74) is 0.400. The van der Waals surface area contributed by atoms with Crippen molar-refractivity contribution >= 4 is 27.5 Å². The number of benzene rings is 1. The minimum Gasteiger partial charge on any atom is -0.235 e. The highest BCUT2D eigenvalue weighted by molar-refractivity contribution is 9.10. The van der Waals surface area contributed by atoms with Crippen LogP contribution in [0.3, 0.4) is 0 Å². The Hall–Kier alpha value is -1.01. The topological polar surface area (TPSA) is 17.8 Å². The highest BCUT2D eigenvalue weighted by atomic mass is 79.9. The molecule has 0 spiro atoms. The fraction of sp³-hybridized carbons (Fsp3) is 0.182. The molecular formula is C11H7BrClF3N2. The molecule has 0 atom stereocenters. The monoisotopic (exact) mass is 338 g/mol. The van der Waals surface area contributed by atoms with Crippen molar-refractivity contribution in [1.82, 2.24) is 9.78 Å². The minimum absolute atomic E-state index is 0.00326. The molecule has 0 N–H and O–H groups in total. The molecule has 0 saturated carbocycles. The van der Waals surface area contributed by atoms with Crippen molar-refractivity contribution < 1.29 is 13.2 Å². The zero-order valence-corrected chi connectivity index (χ0v) is 11.4. The second kappa shape index (κ2) is 4.59. The molecule has 0 radical (unpaired) electrons. The van der Waals surface area contributed by atoms with E-state index in [1.807, 2.05) is 0 Å². The van der Waals surface area contributed by atoms with Crippen LogP contribution in [0.4, 0.5) is 13.2 Å². The number of rotatable bonds is 1. The van der Waals surface area contributed by atoms with E-state index in [4.69, 9.17) is 11.6 Å². The SMILES string of the molecule is Cc1cc(Br)nn1-c1ccc(C(F)(F)F)cc1Cl. The standard InChI is InChI=1S/C11H7BrClF3N2/c1-6-4-10(12)17-18(6)9-3-2-7(5-8(9)13)11(14,15)16/h2-5H,1H3. The number of hydrogen-bond acceptors (Lipinski definition) is 1. The van der Waals surface area contributed by atoms with E-state index in [1.165, 1.54) is 10.7 Å². The van der Waals surface area contributed by atoms with Crippen LogP contribution in [0.1, 0.15) is 11.3 Å². The van der Waals surface area contributed by atoms with E-state index in [2.05, 4.69) is 21.0 Å². The summed E-state index contributed by atoms with van der Waals surface area (Å²) in [7, 11) is 0. The van der Waals surface area contributed by atoms with E-state index in [0.29, 0.717) is 10.3 Å². The van der Waals surface area contributed by atoms with Gasteiger partial charge in [0.1, 0.15) is 4.60 Å². The van der Waals surface area contributed by atoms with Gasteiger partial charge in [0, 0.05) is 5.69 Å². The van der Waals surface area contributed by atoms with Gasteiger partial charge in [-0.25, -0.2) is 4.68 Å². The van der Waals surface area contributed by atoms with Crippen molar-refractivity contribution in [2.75, 3.05) is 0 Å². The molecule has 1 aromatic carbocycles. The smallest absolute Gasteiger partial charge is 0.235 e. The number of hydrogen-bond donors (Lipinski definition) is 0. The van der Waals surface area contributed by atoms with Gasteiger partial charge in [-0.1, -0.05) is 11.6 Å². The molecule has 0 aliphatic rings. The maximum absolute atomic E-state index is 12.5. The van der Waals surface area contributed by atoms with Crippen LogP contribution in [0.15, 0.2) is 28.9 Å². The lowest BCUT2D eigenvalue weighted by Gasteiger charge is -2.10. The van der Waals surface area contributed by atoms with E-state index in [0.717, 1.165) is 17.8 Å². The van der Waals surface area contributed by atoms with Gasteiger partial charge >= 0.3 is 6.18 Å². The number of alkyl halides is 3. The first kappa shape index (κ1) is 13.4. The van der Waals surface area contributed by atoms with Crippen LogP contribution in [0.5, 0.6) is 0 Å². The van der Waals surface area contributed by atoms with Gasteiger partial charge in [-0.2, -0.15) is 18.3 Å². The third kappa shape index (κ3) is 2.54. The van der Waals surface area contributed by atoms with Crippen molar-refractivity contribution in [3.05, 3.63) is 45.1 Å². The fourth-order valence-corrected chi connectivity index (χ4v) is 2.29. The van der Waals surface area contributed by atoms with E-state index < -0.39 is 11.7 Å². The largest absolute Gasteiger partial charge is 0.416 e. The van der Waals surface area contributed by atoms with Crippen LogP contribution in [0, 0.1) is 6.92 Å². The van der Waals surface area contributed by atoms with Crippen LogP contribution in [-0.4, -0.2) is 9.78 Å². The minimum atomic E-state index is -4.40. The van der Waals surface area contributed by atoms with E-state index in [1.54, 1.807) is 13.0 Å². The quantitative estimate of drug-likeness (QED) is 0.741. The third-order valence-corrected chi connectivity index (χ3v) is 3.05. The van der Waals surface area contributed by atoms with Gasteiger partial charge < -0.3 is 0 Å². The first-order chi connectivity index (χ1) is 8.29. The molecule has 0 aliphatic carbocycles. The van der Waals surface area contributed by atoms with Gasteiger partial charge in [-0.15, -0.1) is 0 Å². The van der Waals surface area contributed by atoms with Crippen molar-refractivity contribution in [3.63, 3.8) is 0 Å². The second-order valence-corrected chi connectivity index (χ2v) is 4.90. The van der Waals surface area contributed by atoms with Gasteiger partial charge in [0.15, 0.2) is 0 Å². The maximum atomic E-state index is 12.5. The molecule has 2 aromatic rings. The molecular weight excluding hydrogens is 332 g/mol.